The van der Waals surface area contributed by atoms with Crippen LogP contribution in [0.3, 0.4) is 0 Å². The minimum absolute atomic E-state index is 0.148. The summed E-state index contributed by atoms with van der Waals surface area (Å²) in [6, 6.07) is 3.70. The second-order valence-electron chi connectivity index (χ2n) is 4.95. The van der Waals surface area contributed by atoms with E-state index in [4.69, 9.17) is 33.0 Å². The fourth-order valence-electron chi connectivity index (χ4n) is 1.66. The van der Waals surface area contributed by atoms with Crippen molar-refractivity contribution >= 4 is 35.1 Å². The van der Waals surface area contributed by atoms with Gasteiger partial charge in [0.15, 0.2) is 6.61 Å². The number of hydrogen-bond donors (Lipinski definition) is 2. The van der Waals surface area contributed by atoms with Gasteiger partial charge in [0.05, 0.1) is 5.02 Å². The quantitative estimate of drug-likeness (QED) is 0.804. The fraction of sp³-hybridized carbons (Fsp3) is 0.429. The van der Waals surface area contributed by atoms with E-state index in [1.807, 2.05) is 13.8 Å². The molecule has 1 aromatic rings. The zero-order valence-corrected chi connectivity index (χ0v) is 13.2. The van der Waals surface area contributed by atoms with Gasteiger partial charge < -0.3 is 15.2 Å². The molecule has 0 aromatic heterocycles. The molecule has 7 heteroatoms. The molecule has 0 spiro atoms. The van der Waals surface area contributed by atoms with Crippen molar-refractivity contribution in [2.24, 2.45) is 5.92 Å². The van der Waals surface area contributed by atoms with Crippen molar-refractivity contribution in [2.75, 3.05) is 6.61 Å². The fourth-order valence-corrected chi connectivity index (χ4v) is 1.99. The second kappa shape index (κ2) is 8.10. The van der Waals surface area contributed by atoms with Gasteiger partial charge in [-0.15, -0.1) is 0 Å². The van der Waals surface area contributed by atoms with Crippen LogP contribution in [0.1, 0.15) is 20.3 Å². The predicted octanol–water partition coefficient (Wildman–Crippen LogP) is 2.99. The molecule has 0 saturated carbocycles. The number of hydrogen-bond acceptors (Lipinski definition) is 3. The predicted molar refractivity (Wildman–Crippen MR) is 81.0 cm³/mol. The van der Waals surface area contributed by atoms with Crippen LogP contribution in [0.15, 0.2) is 18.2 Å². The van der Waals surface area contributed by atoms with Crippen LogP contribution in [0.4, 0.5) is 0 Å². The van der Waals surface area contributed by atoms with Crippen molar-refractivity contribution in [3.05, 3.63) is 28.2 Å². The maximum absolute atomic E-state index is 11.7. The third kappa shape index (κ3) is 6.23. The lowest BCUT2D eigenvalue weighted by Gasteiger charge is -2.16. The molecule has 1 amide bonds. The first kappa shape index (κ1) is 17.6. The van der Waals surface area contributed by atoms with Crippen LogP contribution < -0.4 is 10.1 Å². The normalized spacial score (nSPS) is 12.0. The van der Waals surface area contributed by atoms with E-state index in [9.17, 15) is 9.59 Å². The summed E-state index contributed by atoms with van der Waals surface area (Å²) in [6.07, 6.45) is 0.346. The first-order valence-electron chi connectivity index (χ1n) is 6.39. The van der Waals surface area contributed by atoms with Gasteiger partial charge in [-0.25, -0.2) is 4.79 Å². The number of halogens is 2. The molecule has 21 heavy (non-hydrogen) atoms. The molecule has 1 atom stereocenters. The molecule has 5 nitrogen and oxygen atoms in total. The molecular formula is C14H17Cl2NO4. The molecule has 0 bridgehead atoms. The van der Waals surface area contributed by atoms with Crippen LogP contribution in [-0.2, 0) is 9.59 Å². The van der Waals surface area contributed by atoms with Crippen molar-refractivity contribution < 1.29 is 19.4 Å². The number of carbonyl (C=O) groups is 2. The van der Waals surface area contributed by atoms with Gasteiger partial charge >= 0.3 is 5.97 Å². The van der Waals surface area contributed by atoms with Gasteiger partial charge in [0.2, 0.25) is 0 Å². The minimum atomic E-state index is -1.07. The Kier molecular flexibility index (Phi) is 6.78. The molecule has 0 radical (unpaired) electrons. The van der Waals surface area contributed by atoms with Gasteiger partial charge in [-0.2, -0.15) is 0 Å². The Morgan fingerprint density at radius 2 is 2.00 bits per heavy atom. The monoisotopic (exact) mass is 333 g/mol. The summed E-state index contributed by atoms with van der Waals surface area (Å²) in [6.45, 7) is 3.43. The highest BCUT2D eigenvalue weighted by Crippen LogP contribution is 2.27. The molecule has 1 aromatic carbocycles. The lowest BCUT2D eigenvalue weighted by atomic mass is 10.0. The molecule has 1 rings (SSSR count). The summed E-state index contributed by atoms with van der Waals surface area (Å²) in [5.41, 5.74) is 0. The highest BCUT2D eigenvalue weighted by Gasteiger charge is 2.21. The average molecular weight is 334 g/mol. The van der Waals surface area contributed by atoms with Crippen molar-refractivity contribution in [1.29, 1.82) is 0 Å². The Morgan fingerprint density at radius 3 is 2.57 bits per heavy atom. The summed E-state index contributed by atoms with van der Waals surface area (Å²) < 4.78 is 5.24. The number of amides is 1. The third-order valence-corrected chi connectivity index (χ3v) is 3.14. The maximum atomic E-state index is 11.7. The van der Waals surface area contributed by atoms with Gasteiger partial charge in [-0.1, -0.05) is 37.0 Å². The van der Waals surface area contributed by atoms with E-state index < -0.39 is 17.9 Å². The van der Waals surface area contributed by atoms with Crippen molar-refractivity contribution in [3.63, 3.8) is 0 Å². The lowest BCUT2D eigenvalue weighted by molar-refractivity contribution is -0.142. The van der Waals surface area contributed by atoms with E-state index in [1.165, 1.54) is 6.07 Å². The maximum Gasteiger partial charge on any atom is 0.326 e. The zero-order chi connectivity index (χ0) is 16.0. The van der Waals surface area contributed by atoms with Gasteiger partial charge in [0.25, 0.3) is 5.91 Å². The van der Waals surface area contributed by atoms with Crippen molar-refractivity contribution in [3.8, 4) is 5.75 Å². The van der Waals surface area contributed by atoms with E-state index in [-0.39, 0.29) is 18.3 Å². The van der Waals surface area contributed by atoms with Gasteiger partial charge in [-0.05, 0) is 24.5 Å². The van der Waals surface area contributed by atoms with Crippen molar-refractivity contribution in [2.45, 2.75) is 26.3 Å². The first-order valence-corrected chi connectivity index (χ1v) is 7.15. The van der Waals surface area contributed by atoms with Gasteiger partial charge in [0, 0.05) is 11.1 Å². The third-order valence-electron chi connectivity index (χ3n) is 2.59. The van der Waals surface area contributed by atoms with Crippen LogP contribution in [0.2, 0.25) is 10.0 Å². The Hall–Kier alpha value is -1.46. The number of rotatable bonds is 7. The largest absolute Gasteiger partial charge is 0.482 e. The van der Waals surface area contributed by atoms with E-state index in [0.29, 0.717) is 16.5 Å². The molecule has 116 valence electrons. The number of benzene rings is 1. The Morgan fingerprint density at radius 1 is 1.33 bits per heavy atom. The number of carbonyl (C=O) groups excluding carboxylic acids is 1. The smallest absolute Gasteiger partial charge is 0.326 e. The zero-order valence-electron chi connectivity index (χ0n) is 11.7. The summed E-state index contributed by atoms with van der Waals surface area (Å²) >= 11 is 11.7. The number of ether oxygens (including phenoxy) is 1. The molecule has 2 N–H and O–H groups in total. The molecule has 0 aliphatic heterocycles. The summed E-state index contributed by atoms with van der Waals surface area (Å²) in [4.78, 5) is 22.8. The number of carboxylic acids is 1. The Labute approximate surface area is 133 Å². The number of carboxylic acid groups (broad SMARTS) is 1. The van der Waals surface area contributed by atoms with Crippen LogP contribution in [0.25, 0.3) is 0 Å². The lowest BCUT2D eigenvalue weighted by Crippen LogP contribution is -2.43. The molecule has 0 aliphatic rings. The van der Waals surface area contributed by atoms with Gasteiger partial charge in [0.1, 0.15) is 11.8 Å². The second-order valence-corrected chi connectivity index (χ2v) is 5.79. The highest BCUT2D eigenvalue weighted by atomic mass is 35.5. The Bertz CT molecular complexity index is 520. The number of aliphatic carboxylic acids is 1. The molecule has 0 fully saturated rings. The standard InChI is InChI=1S/C14H17Cl2NO4/c1-8(2)5-11(14(19)20)17-13(18)7-21-12-6-9(15)3-4-10(12)16/h3-4,6,8,11H,5,7H2,1-2H3,(H,17,18)(H,19,20). The van der Waals surface area contributed by atoms with E-state index in [1.54, 1.807) is 12.1 Å². The molecule has 0 saturated heterocycles. The van der Waals surface area contributed by atoms with E-state index in [0.717, 1.165) is 0 Å². The van der Waals surface area contributed by atoms with Crippen LogP contribution in [0.5, 0.6) is 5.75 Å². The van der Waals surface area contributed by atoms with E-state index >= 15 is 0 Å². The van der Waals surface area contributed by atoms with Gasteiger partial charge in [-0.3, -0.25) is 4.79 Å². The summed E-state index contributed by atoms with van der Waals surface area (Å²) in [7, 11) is 0. The van der Waals surface area contributed by atoms with Crippen LogP contribution in [0, 0.1) is 5.92 Å². The summed E-state index contributed by atoms with van der Waals surface area (Å²) in [5, 5.41) is 12.2. The molecular weight excluding hydrogens is 317 g/mol. The van der Waals surface area contributed by atoms with Crippen molar-refractivity contribution in [1.82, 2.24) is 5.32 Å². The number of nitrogens with one attached hydrogen (secondary N) is 1. The first-order chi connectivity index (χ1) is 9.79. The topological polar surface area (TPSA) is 75.6 Å². The average Bonchev–Trinajstić information content (AvgIpc) is 2.38. The Balaban J connectivity index is 2.56. The SMILES string of the molecule is CC(C)CC(NC(=O)COc1cc(Cl)ccc1Cl)C(=O)O. The molecule has 0 heterocycles. The van der Waals surface area contributed by atoms with Crippen LogP contribution >= 0.6 is 23.2 Å². The van der Waals surface area contributed by atoms with Crippen LogP contribution in [-0.4, -0.2) is 29.6 Å². The molecule has 0 aliphatic carbocycles. The highest BCUT2D eigenvalue weighted by molar-refractivity contribution is 6.34. The van der Waals surface area contributed by atoms with E-state index in [2.05, 4.69) is 5.32 Å². The summed E-state index contributed by atoms with van der Waals surface area (Å²) in [5.74, 6) is -1.18. The molecule has 1 unspecified atom stereocenters. The minimum Gasteiger partial charge on any atom is -0.482 e.